The standard InChI is InChI=1S/C21H16Cl2N4O/c22-17-6-3-5-16(20(17)23)21(28)27-10-8-26(9-11-27)19-12-14(13-24)25-18-7-2-1-4-15(18)19/h1-7,12H,8-11H2. The average molecular weight is 411 g/mol. The van der Waals surface area contributed by atoms with E-state index in [1.54, 1.807) is 23.1 Å². The maximum atomic E-state index is 12.8. The summed E-state index contributed by atoms with van der Waals surface area (Å²) in [6.45, 7) is 2.42. The molecule has 0 bridgehead atoms. The largest absolute Gasteiger partial charge is 0.367 e. The molecule has 0 N–H and O–H groups in total. The Morgan fingerprint density at radius 1 is 1.04 bits per heavy atom. The highest BCUT2D eigenvalue weighted by Gasteiger charge is 2.25. The third-order valence-corrected chi connectivity index (χ3v) is 5.72. The number of para-hydroxylation sites is 1. The summed E-state index contributed by atoms with van der Waals surface area (Å²) in [4.78, 5) is 21.2. The molecule has 140 valence electrons. The minimum absolute atomic E-state index is 0.121. The summed E-state index contributed by atoms with van der Waals surface area (Å²) >= 11 is 12.2. The molecule has 7 heteroatoms. The third-order valence-electron chi connectivity index (χ3n) is 4.90. The summed E-state index contributed by atoms with van der Waals surface area (Å²) in [5.41, 5.74) is 2.57. The molecule has 5 nitrogen and oxygen atoms in total. The summed E-state index contributed by atoms with van der Waals surface area (Å²) in [6.07, 6.45) is 0. The predicted octanol–water partition coefficient (Wildman–Crippen LogP) is 4.38. The van der Waals surface area contributed by atoms with E-state index < -0.39 is 0 Å². The lowest BCUT2D eigenvalue weighted by atomic mass is 10.1. The number of aromatic nitrogens is 1. The Kier molecular flexibility index (Phi) is 5.08. The quantitative estimate of drug-likeness (QED) is 0.628. The van der Waals surface area contributed by atoms with Gasteiger partial charge in [-0.3, -0.25) is 4.79 Å². The molecule has 0 aliphatic carbocycles. The van der Waals surface area contributed by atoms with E-state index in [2.05, 4.69) is 16.0 Å². The molecule has 28 heavy (non-hydrogen) atoms. The van der Waals surface area contributed by atoms with Crippen molar-refractivity contribution in [3.63, 3.8) is 0 Å². The maximum absolute atomic E-state index is 12.8. The van der Waals surface area contributed by atoms with Gasteiger partial charge in [0.15, 0.2) is 0 Å². The molecular formula is C21H16Cl2N4O. The van der Waals surface area contributed by atoms with Gasteiger partial charge >= 0.3 is 0 Å². The van der Waals surface area contributed by atoms with Gasteiger partial charge in [-0.25, -0.2) is 4.98 Å². The first-order valence-electron chi connectivity index (χ1n) is 8.86. The summed E-state index contributed by atoms with van der Waals surface area (Å²) < 4.78 is 0. The fourth-order valence-electron chi connectivity index (χ4n) is 3.47. The van der Waals surface area contributed by atoms with Crippen molar-refractivity contribution in [3.8, 4) is 6.07 Å². The Labute approximate surface area is 172 Å². The summed E-state index contributed by atoms with van der Waals surface area (Å²) in [6, 6.07) is 16.8. The van der Waals surface area contributed by atoms with E-state index in [0.29, 0.717) is 42.5 Å². The number of pyridine rings is 1. The van der Waals surface area contributed by atoms with Crippen molar-refractivity contribution in [1.29, 1.82) is 5.26 Å². The van der Waals surface area contributed by atoms with Crippen molar-refractivity contribution >= 4 is 45.7 Å². The van der Waals surface area contributed by atoms with Crippen LogP contribution in [0.1, 0.15) is 16.1 Å². The van der Waals surface area contributed by atoms with Gasteiger partial charge in [-0.1, -0.05) is 47.5 Å². The third kappa shape index (κ3) is 3.37. The molecule has 1 aliphatic heterocycles. The van der Waals surface area contributed by atoms with Gasteiger partial charge < -0.3 is 9.80 Å². The molecule has 0 unspecified atom stereocenters. The Bertz CT molecular complexity index is 1100. The van der Waals surface area contributed by atoms with Crippen LogP contribution in [0.2, 0.25) is 10.0 Å². The molecule has 1 aromatic heterocycles. The van der Waals surface area contributed by atoms with Gasteiger partial charge in [-0.2, -0.15) is 5.26 Å². The molecule has 3 aromatic rings. The Balaban J connectivity index is 1.57. The minimum atomic E-state index is -0.121. The SMILES string of the molecule is N#Cc1cc(N2CCN(C(=O)c3cccc(Cl)c3Cl)CC2)c2ccccc2n1. The van der Waals surface area contributed by atoms with Crippen molar-refractivity contribution in [2.45, 2.75) is 0 Å². The van der Waals surface area contributed by atoms with Crippen LogP contribution in [0.15, 0.2) is 48.5 Å². The number of fused-ring (bicyclic) bond motifs is 1. The topological polar surface area (TPSA) is 60.2 Å². The molecule has 4 rings (SSSR count). The van der Waals surface area contributed by atoms with Crippen LogP contribution in [0.5, 0.6) is 0 Å². The monoisotopic (exact) mass is 410 g/mol. The van der Waals surface area contributed by atoms with Gasteiger partial charge in [0.1, 0.15) is 11.8 Å². The number of halogens is 2. The van der Waals surface area contributed by atoms with Crippen LogP contribution in [-0.2, 0) is 0 Å². The Morgan fingerprint density at radius 3 is 2.54 bits per heavy atom. The molecule has 0 spiro atoms. The van der Waals surface area contributed by atoms with Crippen LogP contribution >= 0.6 is 23.2 Å². The van der Waals surface area contributed by atoms with Crippen molar-refractivity contribution in [2.75, 3.05) is 31.1 Å². The van der Waals surface area contributed by atoms with Crippen LogP contribution in [0.4, 0.5) is 5.69 Å². The zero-order valence-electron chi connectivity index (χ0n) is 14.9. The van der Waals surface area contributed by atoms with Crippen molar-refractivity contribution in [1.82, 2.24) is 9.88 Å². The Morgan fingerprint density at radius 2 is 1.79 bits per heavy atom. The van der Waals surface area contributed by atoms with Gasteiger partial charge in [0, 0.05) is 37.3 Å². The predicted molar refractivity (Wildman–Crippen MR) is 111 cm³/mol. The average Bonchev–Trinajstić information content (AvgIpc) is 2.74. The molecule has 2 heterocycles. The summed E-state index contributed by atoms with van der Waals surface area (Å²) in [5.74, 6) is -0.121. The minimum Gasteiger partial charge on any atom is -0.367 e. The first-order valence-corrected chi connectivity index (χ1v) is 9.62. The molecule has 0 atom stereocenters. The molecule has 0 saturated carbocycles. The van der Waals surface area contributed by atoms with E-state index in [-0.39, 0.29) is 10.9 Å². The summed E-state index contributed by atoms with van der Waals surface area (Å²) in [5, 5.41) is 11.0. The lowest BCUT2D eigenvalue weighted by Crippen LogP contribution is -2.49. The number of rotatable bonds is 2. The van der Waals surface area contributed by atoms with E-state index >= 15 is 0 Å². The number of benzene rings is 2. The van der Waals surface area contributed by atoms with Gasteiger partial charge in [0.05, 0.1) is 21.1 Å². The van der Waals surface area contributed by atoms with Crippen molar-refractivity contribution in [2.24, 2.45) is 0 Å². The lowest BCUT2D eigenvalue weighted by molar-refractivity contribution is 0.0747. The number of anilines is 1. The van der Waals surface area contributed by atoms with E-state index in [4.69, 9.17) is 23.2 Å². The van der Waals surface area contributed by atoms with Crippen molar-refractivity contribution < 1.29 is 4.79 Å². The van der Waals surface area contributed by atoms with Gasteiger partial charge in [0.2, 0.25) is 0 Å². The van der Waals surface area contributed by atoms with E-state index in [1.807, 2.05) is 30.3 Å². The number of nitrogens with zero attached hydrogens (tertiary/aromatic N) is 4. The highest BCUT2D eigenvalue weighted by Crippen LogP contribution is 2.29. The van der Waals surface area contributed by atoms with Gasteiger partial charge in [0.25, 0.3) is 5.91 Å². The first-order chi connectivity index (χ1) is 13.6. The number of hydrogen-bond donors (Lipinski definition) is 0. The van der Waals surface area contributed by atoms with Crippen LogP contribution in [-0.4, -0.2) is 42.0 Å². The van der Waals surface area contributed by atoms with Gasteiger partial charge in [-0.15, -0.1) is 0 Å². The number of nitriles is 1. The van der Waals surface area contributed by atoms with Crippen LogP contribution in [0.25, 0.3) is 10.9 Å². The number of amides is 1. The molecule has 1 saturated heterocycles. The highest BCUT2D eigenvalue weighted by atomic mass is 35.5. The van der Waals surface area contributed by atoms with Crippen LogP contribution in [0.3, 0.4) is 0 Å². The van der Waals surface area contributed by atoms with E-state index in [0.717, 1.165) is 16.6 Å². The number of piperazine rings is 1. The fourth-order valence-corrected chi connectivity index (χ4v) is 3.85. The second-order valence-electron chi connectivity index (χ2n) is 6.54. The molecule has 1 aliphatic rings. The summed E-state index contributed by atoms with van der Waals surface area (Å²) in [7, 11) is 0. The number of hydrogen-bond acceptors (Lipinski definition) is 4. The van der Waals surface area contributed by atoms with Crippen LogP contribution in [0, 0.1) is 11.3 Å². The van der Waals surface area contributed by atoms with E-state index in [1.165, 1.54) is 0 Å². The zero-order chi connectivity index (χ0) is 19.7. The van der Waals surface area contributed by atoms with Gasteiger partial charge in [-0.05, 0) is 24.3 Å². The second-order valence-corrected chi connectivity index (χ2v) is 7.32. The molecular weight excluding hydrogens is 395 g/mol. The normalized spacial score (nSPS) is 14.2. The molecule has 1 amide bonds. The smallest absolute Gasteiger partial charge is 0.255 e. The first kappa shape index (κ1) is 18.5. The lowest BCUT2D eigenvalue weighted by Gasteiger charge is -2.36. The fraction of sp³-hybridized carbons (Fsp3) is 0.190. The Hall–Kier alpha value is -2.81. The van der Waals surface area contributed by atoms with E-state index in [9.17, 15) is 10.1 Å². The number of carbonyl (C=O) groups is 1. The molecule has 2 aromatic carbocycles. The number of carbonyl (C=O) groups excluding carboxylic acids is 1. The maximum Gasteiger partial charge on any atom is 0.255 e. The second kappa shape index (κ2) is 7.67. The van der Waals surface area contributed by atoms with Crippen molar-refractivity contribution in [3.05, 3.63) is 69.8 Å². The highest BCUT2D eigenvalue weighted by molar-refractivity contribution is 6.43. The molecule has 0 radical (unpaired) electrons. The van der Waals surface area contributed by atoms with Crippen LogP contribution < -0.4 is 4.90 Å². The zero-order valence-corrected chi connectivity index (χ0v) is 16.4. The molecule has 1 fully saturated rings.